The highest BCUT2D eigenvalue weighted by Gasteiger charge is 2.42. The fourth-order valence-corrected chi connectivity index (χ4v) is 4.98. The number of carbonyl (C=O) groups excluding carboxylic acids is 1. The molecular formula is C29H25FO4. The van der Waals surface area contributed by atoms with Crippen LogP contribution in [0.3, 0.4) is 0 Å². The molecule has 1 aliphatic rings. The molecule has 1 aliphatic heterocycles. The summed E-state index contributed by atoms with van der Waals surface area (Å²) in [5, 5.41) is 1.92. The average Bonchev–Trinajstić information content (AvgIpc) is 2.88. The summed E-state index contributed by atoms with van der Waals surface area (Å²) in [6.07, 6.45) is 0.495. The number of rotatable bonds is 4. The number of aryl methyl sites for hydroxylation is 1. The third kappa shape index (κ3) is 3.48. The van der Waals surface area contributed by atoms with Crippen LogP contribution in [-0.2, 0) is 16.6 Å². The van der Waals surface area contributed by atoms with Crippen molar-refractivity contribution in [2.45, 2.75) is 18.8 Å². The van der Waals surface area contributed by atoms with Crippen molar-refractivity contribution in [2.24, 2.45) is 0 Å². The molecule has 0 aromatic heterocycles. The fraction of sp³-hybridized carbons (Fsp3) is 0.207. The van der Waals surface area contributed by atoms with Crippen molar-refractivity contribution >= 4 is 16.7 Å². The monoisotopic (exact) mass is 456 g/mol. The van der Waals surface area contributed by atoms with Crippen LogP contribution in [0.1, 0.15) is 32.6 Å². The Morgan fingerprint density at radius 3 is 2.26 bits per heavy atom. The molecule has 4 nitrogen and oxygen atoms in total. The lowest BCUT2D eigenvalue weighted by Crippen LogP contribution is -2.41. The van der Waals surface area contributed by atoms with E-state index in [4.69, 9.17) is 14.2 Å². The lowest BCUT2D eigenvalue weighted by Gasteiger charge is -2.40. The molecular weight excluding hydrogens is 431 g/mol. The maximum Gasteiger partial charge on any atom is 0.338 e. The molecule has 0 N–H and O–H groups in total. The molecule has 0 amide bonds. The number of fused-ring (bicyclic) bond motifs is 3. The van der Waals surface area contributed by atoms with Gasteiger partial charge in [0.25, 0.3) is 0 Å². The van der Waals surface area contributed by atoms with Crippen LogP contribution >= 0.6 is 0 Å². The molecule has 1 unspecified atom stereocenters. The summed E-state index contributed by atoms with van der Waals surface area (Å²) in [6.45, 7) is 2.35. The second-order valence-electron chi connectivity index (χ2n) is 8.68. The highest BCUT2D eigenvalue weighted by atomic mass is 19.1. The van der Waals surface area contributed by atoms with Crippen molar-refractivity contribution in [1.29, 1.82) is 0 Å². The zero-order valence-electron chi connectivity index (χ0n) is 19.4. The summed E-state index contributed by atoms with van der Waals surface area (Å²) in [7, 11) is 3.01. The van der Waals surface area contributed by atoms with Gasteiger partial charge in [0.2, 0.25) is 0 Å². The summed E-state index contributed by atoms with van der Waals surface area (Å²) in [5.74, 6) is 0.733. The number of hydrogen-bond donors (Lipinski definition) is 0. The van der Waals surface area contributed by atoms with Gasteiger partial charge in [0.05, 0.1) is 25.2 Å². The summed E-state index contributed by atoms with van der Waals surface area (Å²) in [5.41, 5.74) is 3.60. The van der Waals surface area contributed by atoms with Crippen molar-refractivity contribution in [3.63, 3.8) is 0 Å². The summed E-state index contributed by atoms with van der Waals surface area (Å²) in [4.78, 5) is 12.9. The van der Waals surface area contributed by atoms with Gasteiger partial charge in [0, 0.05) is 10.9 Å². The van der Waals surface area contributed by atoms with E-state index in [9.17, 15) is 9.18 Å². The van der Waals surface area contributed by atoms with E-state index in [2.05, 4.69) is 0 Å². The van der Waals surface area contributed by atoms with E-state index in [0.29, 0.717) is 24.3 Å². The zero-order chi connectivity index (χ0) is 23.9. The lowest BCUT2D eigenvalue weighted by atomic mass is 9.69. The standard InChI is InChI=1S/C29H25FO4/c1-18-5-4-6-23-24(18)15-25(28(31)33-3)26-16-29(17-34-27(23)26,19-7-11-21(30)12-8-19)20-9-13-22(32-2)14-10-20/h4-15H,16-17H2,1-3H3. The molecule has 0 spiro atoms. The number of hydrogen-bond acceptors (Lipinski definition) is 4. The van der Waals surface area contributed by atoms with Crippen molar-refractivity contribution in [1.82, 2.24) is 0 Å². The maximum atomic E-state index is 13.8. The predicted molar refractivity (Wildman–Crippen MR) is 129 cm³/mol. The van der Waals surface area contributed by atoms with Crippen LogP contribution in [0.4, 0.5) is 4.39 Å². The molecule has 4 aromatic rings. The summed E-state index contributed by atoms with van der Waals surface area (Å²) < 4.78 is 30.8. The van der Waals surface area contributed by atoms with Gasteiger partial charge in [0.1, 0.15) is 23.9 Å². The average molecular weight is 457 g/mol. The Kier molecular flexibility index (Phi) is 5.48. The molecule has 4 aromatic carbocycles. The number of methoxy groups -OCH3 is 2. The van der Waals surface area contributed by atoms with E-state index in [0.717, 1.165) is 38.8 Å². The van der Waals surface area contributed by atoms with E-state index in [1.807, 2.05) is 55.5 Å². The molecule has 172 valence electrons. The van der Waals surface area contributed by atoms with E-state index < -0.39 is 11.4 Å². The van der Waals surface area contributed by atoms with Crippen LogP contribution in [0.25, 0.3) is 10.8 Å². The molecule has 0 aliphatic carbocycles. The number of halogens is 1. The third-order valence-corrected chi connectivity index (χ3v) is 6.84. The Morgan fingerprint density at radius 1 is 0.941 bits per heavy atom. The summed E-state index contributed by atoms with van der Waals surface area (Å²) in [6, 6.07) is 22.2. The minimum Gasteiger partial charge on any atom is -0.497 e. The molecule has 0 radical (unpaired) electrons. The van der Waals surface area contributed by atoms with Crippen LogP contribution in [0.2, 0.25) is 0 Å². The smallest absolute Gasteiger partial charge is 0.338 e. The van der Waals surface area contributed by atoms with Gasteiger partial charge in [-0.2, -0.15) is 0 Å². The molecule has 1 heterocycles. The Labute approximate surface area is 197 Å². The van der Waals surface area contributed by atoms with Gasteiger partial charge < -0.3 is 14.2 Å². The van der Waals surface area contributed by atoms with Crippen LogP contribution < -0.4 is 9.47 Å². The quantitative estimate of drug-likeness (QED) is 0.353. The van der Waals surface area contributed by atoms with E-state index >= 15 is 0 Å². The first-order valence-electron chi connectivity index (χ1n) is 11.1. The third-order valence-electron chi connectivity index (χ3n) is 6.84. The fourth-order valence-electron chi connectivity index (χ4n) is 4.98. The molecule has 1 atom stereocenters. The van der Waals surface area contributed by atoms with Crippen molar-refractivity contribution in [3.05, 3.63) is 106 Å². The normalized spacial score (nSPS) is 17.1. The Hall–Kier alpha value is -3.86. The van der Waals surface area contributed by atoms with Crippen LogP contribution in [0, 0.1) is 12.7 Å². The molecule has 0 fully saturated rings. The largest absolute Gasteiger partial charge is 0.497 e. The van der Waals surface area contributed by atoms with Crippen molar-refractivity contribution in [2.75, 3.05) is 20.8 Å². The minimum absolute atomic E-state index is 0.303. The van der Waals surface area contributed by atoms with E-state index in [-0.39, 0.29) is 5.82 Å². The second kappa shape index (κ2) is 8.49. The number of ether oxygens (including phenoxy) is 3. The van der Waals surface area contributed by atoms with Crippen LogP contribution in [0.5, 0.6) is 11.5 Å². The van der Waals surface area contributed by atoms with Gasteiger partial charge in [-0.3, -0.25) is 0 Å². The lowest BCUT2D eigenvalue weighted by molar-refractivity contribution is 0.0597. The van der Waals surface area contributed by atoms with Gasteiger partial charge in [-0.15, -0.1) is 0 Å². The number of benzene rings is 4. The number of esters is 1. The first-order valence-corrected chi connectivity index (χ1v) is 11.1. The SMILES string of the molecule is COC(=O)c1cc2c(C)cccc2c2c1CC(c1ccc(F)cc1)(c1ccc(OC)cc1)CO2. The van der Waals surface area contributed by atoms with Crippen LogP contribution in [-0.4, -0.2) is 26.8 Å². The number of carbonyl (C=O) groups is 1. The van der Waals surface area contributed by atoms with Gasteiger partial charge in [-0.1, -0.05) is 42.5 Å². The minimum atomic E-state index is -0.632. The molecule has 0 saturated heterocycles. The van der Waals surface area contributed by atoms with Crippen LogP contribution in [0.15, 0.2) is 72.8 Å². The highest BCUT2D eigenvalue weighted by molar-refractivity contribution is 6.02. The van der Waals surface area contributed by atoms with E-state index in [1.54, 1.807) is 19.2 Å². The Balaban J connectivity index is 1.76. The Bertz CT molecular complexity index is 1380. The van der Waals surface area contributed by atoms with Gasteiger partial charge in [-0.05, 0) is 65.8 Å². The molecule has 5 rings (SSSR count). The molecule has 0 saturated carbocycles. The topological polar surface area (TPSA) is 44.8 Å². The predicted octanol–water partition coefficient (Wildman–Crippen LogP) is 6.00. The Morgan fingerprint density at radius 2 is 1.62 bits per heavy atom. The second-order valence-corrected chi connectivity index (χ2v) is 8.68. The maximum absolute atomic E-state index is 13.8. The van der Waals surface area contributed by atoms with Crippen molar-refractivity contribution < 1.29 is 23.4 Å². The van der Waals surface area contributed by atoms with Gasteiger partial charge in [0.15, 0.2) is 0 Å². The first kappa shape index (κ1) is 22.0. The molecule has 5 heteroatoms. The zero-order valence-corrected chi connectivity index (χ0v) is 19.4. The molecule has 0 bridgehead atoms. The van der Waals surface area contributed by atoms with Crippen molar-refractivity contribution in [3.8, 4) is 11.5 Å². The van der Waals surface area contributed by atoms with E-state index in [1.165, 1.54) is 19.2 Å². The molecule has 34 heavy (non-hydrogen) atoms. The van der Waals surface area contributed by atoms with Gasteiger partial charge >= 0.3 is 5.97 Å². The summed E-state index contributed by atoms with van der Waals surface area (Å²) >= 11 is 0. The van der Waals surface area contributed by atoms with Gasteiger partial charge in [-0.25, -0.2) is 9.18 Å². The first-order chi connectivity index (χ1) is 16.5. The highest BCUT2D eigenvalue weighted by Crippen LogP contribution is 2.47.